The highest BCUT2D eigenvalue weighted by atomic mass is 15.0. The largest absolute Gasteiger partial charge is 0.384 e. The smallest absolute Gasteiger partial charge is 0.154 e. The van der Waals surface area contributed by atoms with Crippen molar-refractivity contribution in [2.45, 2.75) is 0 Å². The van der Waals surface area contributed by atoms with Gasteiger partial charge in [-0.1, -0.05) is 30.3 Å². The molecule has 6 nitrogen and oxygen atoms in total. The molecule has 0 aliphatic heterocycles. The van der Waals surface area contributed by atoms with Crippen molar-refractivity contribution in [2.24, 2.45) is 0 Å². The van der Waals surface area contributed by atoms with Crippen molar-refractivity contribution < 1.29 is 0 Å². The molecule has 2 heterocycles. The van der Waals surface area contributed by atoms with E-state index in [9.17, 15) is 0 Å². The minimum absolute atomic E-state index is 0.250. The third-order valence-electron chi connectivity index (χ3n) is 2.77. The zero-order valence-corrected chi connectivity index (χ0v) is 10.0. The Morgan fingerprint density at radius 1 is 0.789 bits per heavy atom. The summed E-state index contributed by atoms with van der Waals surface area (Å²) in [5.74, 6) is 0.884. The second-order valence-electron chi connectivity index (χ2n) is 4.12. The van der Waals surface area contributed by atoms with E-state index in [-0.39, 0.29) is 5.82 Å². The lowest BCUT2D eigenvalue weighted by Crippen LogP contribution is -2.03. The molecule has 0 bridgehead atoms. The predicted octanol–water partition coefficient (Wildman–Crippen LogP) is 1.44. The van der Waals surface area contributed by atoms with E-state index < -0.39 is 0 Å². The average molecular weight is 252 g/mol. The summed E-state index contributed by atoms with van der Waals surface area (Å²) in [6, 6.07) is 11.2. The number of rotatable bonds is 1. The summed E-state index contributed by atoms with van der Waals surface area (Å²) < 4.78 is 0. The Labute approximate surface area is 109 Å². The first-order valence-electron chi connectivity index (χ1n) is 5.70. The van der Waals surface area contributed by atoms with E-state index in [0.717, 1.165) is 5.56 Å². The van der Waals surface area contributed by atoms with Crippen LogP contribution in [0.2, 0.25) is 0 Å². The first kappa shape index (κ1) is 11.2. The van der Waals surface area contributed by atoms with Crippen LogP contribution in [0.25, 0.3) is 22.3 Å². The van der Waals surface area contributed by atoms with Crippen LogP contribution in [-0.4, -0.2) is 15.0 Å². The van der Waals surface area contributed by atoms with Crippen molar-refractivity contribution >= 4 is 28.5 Å². The van der Waals surface area contributed by atoms with Gasteiger partial charge in [0.1, 0.15) is 17.0 Å². The van der Waals surface area contributed by atoms with Crippen molar-refractivity contribution in [3.8, 4) is 11.3 Å². The van der Waals surface area contributed by atoms with Crippen molar-refractivity contribution in [2.75, 3.05) is 17.2 Å². The number of nitrogen functional groups attached to an aromatic ring is 3. The second kappa shape index (κ2) is 4.09. The Balaban J connectivity index is 2.31. The second-order valence-corrected chi connectivity index (χ2v) is 4.12. The molecule has 0 amide bonds. The van der Waals surface area contributed by atoms with E-state index in [4.69, 9.17) is 17.2 Å². The Bertz CT molecular complexity index is 754. The average Bonchev–Trinajstić information content (AvgIpc) is 2.38. The summed E-state index contributed by atoms with van der Waals surface area (Å²) in [4.78, 5) is 12.7. The number of nitrogens with two attached hydrogens (primary N) is 3. The topological polar surface area (TPSA) is 117 Å². The van der Waals surface area contributed by atoms with Crippen LogP contribution in [0.5, 0.6) is 0 Å². The summed E-state index contributed by atoms with van der Waals surface area (Å²) in [5.41, 5.74) is 19.9. The molecule has 0 unspecified atom stereocenters. The Kier molecular flexibility index (Phi) is 2.42. The summed E-state index contributed by atoms with van der Waals surface area (Å²) in [7, 11) is 0. The molecule has 94 valence electrons. The molecular weight excluding hydrogens is 240 g/mol. The van der Waals surface area contributed by atoms with Crippen LogP contribution in [-0.2, 0) is 0 Å². The molecule has 0 spiro atoms. The molecule has 3 aromatic rings. The molecular formula is C13H12N6. The van der Waals surface area contributed by atoms with Gasteiger partial charge in [0, 0.05) is 11.6 Å². The summed E-state index contributed by atoms with van der Waals surface area (Å²) in [6.45, 7) is 0. The van der Waals surface area contributed by atoms with Gasteiger partial charge in [-0.05, 0) is 0 Å². The zero-order valence-electron chi connectivity index (χ0n) is 10.0. The maximum absolute atomic E-state index is 5.94. The van der Waals surface area contributed by atoms with Crippen LogP contribution >= 0.6 is 0 Å². The molecule has 2 aromatic heterocycles. The van der Waals surface area contributed by atoms with Crippen LogP contribution in [0.3, 0.4) is 0 Å². The highest BCUT2D eigenvalue weighted by molar-refractivity contribution is 5.90. The van der Waals surface area contributed by atoms with E-state index >= 15 is 0 Å². The Morgan fingerprint density at radius 3 is 2.26 bits per heavy atom. The van der Waals surface area contributed by atoms with Crippen LogP contribution in [0, 0.1) is 0 Å². The SMILES string of the molecule is Nc1cc2nc(N)c(-c3ccccc3)nc2c(N)n1. The van der Waals surface area contributed by atoms with Gasteiger partial charge < -0.3 is 17.2 Å². The van der Waals surface area contributed by atoms with Gasteiger partial charge in [-0.2, -0.15) is 0 Å². The summed E-state index contributed by atoms with van der Waals surface area (Å²) >= 11 is 0. The fourth-order valence-electron chi connectivity index (χ4n) is 1.92. The van der Waals surface area contributed by atoms with E-state index in [0.29, 0.717) is 28.4 Å². The molecule has 0 aliphatic rings. The van der Waals surface area contributed by atoms with E-state index in [1.165, 1.54) is 0 Å². The van der Waals surface area contributed by atoms with E-state index in [2.05, 4.69) is 15.0 Å². The minimum Gasteiger partial charge on any atom is -0.384 e. The lowest BCUT2D eigenvalue weighted by molar-refractivity contribution is 1.26. The summed E-state index contributed by atoms with van der Waals surface area (Å²) in [5, 5.41) is 0. The van der Waals surface area contributed by atoms with Gasteiger partial charge in [0.05, 0.1) is 5.52 Å². The monoisotopic (exact) mass is 252 g/mol. The quantitative estimate of drug-likeness (QED) is 0.603. The zero-order chi connectivity index (χ0) is 13.4. The van der Waals surface area contributed by atoms with Crippen molar-refractivity contribution in [3.63, 3.8) is 0 Å². The van der Waals surface area contributed by atoms with Crippen LogP contribution in [0.15, 0.2) is 36.4 Å². The van der Waals surface area contributed by atoms with Crippen LogP contribution < -0.4 is 17.2 Å². The molecule has 0 saturated carbocycles. The predicted molar refractivity (Wildman–Crippen MR) is 76.0 cm³/mol. The number of aromatic nitrogens is 3. The van der Waals surface area contributed by atoms with Gasteiger partial charge in [0.2, 0.25) is 0 Å². The molecule has 1 aromatic carbocycles. The molecule has 0 fully saturated rings. The fraction of sp³-hybridized carbons (Fsp3) is 0. The van der Waals surface area contributed by atoms with Crippen molar-refractivity contribution in [1.82, 2.24) is 15.0 Å². The lowest BCUT2D eigenvalue weighted by Gasteiger charge is -2.08. The first-order valence-corrected chi connectivity index (χ1v) is 5.70. The number of nitrogens with zero attached hydrogens (tertiary/aromatic N) is 3. The number of pyridine rings is 1. The Morgan fingerprint density at radius 2 is 1.53 bits per heavy atom. The number of fused-ring (bicyclic) bond motifs is 1. The van der Waals surface area contributed by atoms with Gasteiger partial charge in [-0.3, -0.25) is 0 Å². The number of benzene rings is 1. The highest BCUT2D eigenvalue weighted by Gasteiger charge is 2.11. The Hall–Kier alpha value is -2.89. The van der Waals surface area contributed by atoms with Crippen LogP contribution in [0.1, 0.15) is 0 Å². The van der Waals surface area contributed by atoms with E-state index in [1.807, 2.05) is 30.3 Å². The van der Waals surface area contributed by atoms with Crippen molar-refractivity contribution in [3.05, 3.63) is 36.4 Å². The van der Waals surface area contributed by atoms with Gasteiger partial charge in [-0.15, -0.1) is 0 Å². The standard InChI is InChI=1S/C13H12N6/c14-9-6-8-11(13(16)18-9)19-10(12(15)17-8)7-4-2-1-3-5-7/h1-6H,(H2,15,17)(H4,14,16,18). The first-order chi connectivity index (χ1) is 9.15. The summed E-state index contributed by atoms with van der Waals surface area (Å²) in [6.07, 6.45) is 0. The molecule has 0 saturated heterocycles. The number of anilines is 3. The highest BCUT2D eigenvalue weighted by Crippen LogP contribution is 2.27. The fourth-order valence-corrected chi connectivity index (χ4v) is 1.92. The van der Waals surface area contributed by atoms with Gasteiger partial charge in [0.15, 0.2) is 11.6 Å². The molecule has 0 aliphatic carbocycles. The lowest BCUT2D eigenvalue weighted by atomic mass is 10.1. The third-order valence-corrected chi connectivity index (χ3v) is 2.77. The van der Waals surface area contributed by atoms with Gasteiger partial charge in [-0.25, -0.2) is 15.0 Å². The molecule has 19 heavy (non-hydrogen) atoms. The molecule has 3 rings (SSSR count). The van der Waals surface area contributed by atoms with E-state index in [1.54, 1.807) is 6.07 Å². The van der Waals surface area contributed by atoms with Crippen molar-refractivity contribution in [1.29, 1.82) is 0 Å². The maximum Gasteiger partial charge on any atom is 0.154 e. The minimum atomic E-state index is 0.250. The van der Waals surface area contributed by atoms with Gasteiger partial charge in [0.25, 0.3) is 0 Å². The normalized spacial score (nSPS) is 10.7. The third kappa shape index (κ3) is 1.89. The molecule has 6 N–H and O–H groups in total. The maximum atomic E-state index is 5.94. The molecule has 0 atom stereocenters. The molecule has 6 heteroatoms. The van der Waals surface area contributed by atoms with Crippen LogP contribution in [0.4, 0.5) is 17.5 Å². The number of hydrogen-bond acceptors (Lipinski definition) is 6. The number of hydrogen-bond donors (Lipinski definition) is 3. The molecule has 0 radical (unpaired) electrons. The van der Waals surface area contributed by atoms with Gasteiger partial charge >= 0.3 is 0 Å².